The van der Waals surface area contributed by atoms with Gasteiger partial charge in [0, 0.05) is 5.56 Å². The van der Waals surface area contributed by atoms with Gasteiger partial charge in [-0.3, -0.25) is 10.1 Å². The zero-order valence-corrected chi connectivity index (χ0v) is 8.29. The highest BCUT2D eigenvalue weighted by atomic mass is 35.5. The summed E-state index contributed by atoms with van der Waals surface area (Å²) in [6, 6.07) is 2.31. The molecule has 0 aromatic heterocycles. The average Bonchev–Trinajstić information content (AvgIpc) is 2.10. The van der Waals surface area contributed by atoms with Crippen LogP contribution in [0.5, 0.6) is 5.75 Å². The normalized spacial score (nSPS) is 10.5. The van der Waals surface area contributed by atoms with Crippen molar-refractivity contribution in [1.82, 2.24) is 0 Å². The second-order valence-corrected chi connectivity index (χ2v) is 3.06. The third kappa shape index (κ3) is 2.53. The van der Waals surface area contributed by atoms with E-state index in [0.717, 1.165) is 6.07 Å². The van der Waals surface area contributed by atoms with Gasteiger partial charge < -0.3 is 4.74 Å². The van der Waals surface area contributed by atoms with Crippen LogP contribution in [0.1, 0.15) is 5.56 Å². The number of nitro benzene ring substituents is 1. The van der Waals surface area contributed by atoms with Gasteiger partial charge in [0.1, 0.15) is 0 Å². The molecule has 0 saturated heterocycles. The molecule has 0 fully saturated rings. The smallest absolute Gasteiger partial charge is 0.387 e. The quantitative estimate of drug-likeness (QED) is 0.599. The molecule has 0 unspecified atom stereocenters. The van der Waals surface area contributed by atoms with E-state index < -0.39 is 23.0 Å². The van der Waals surface area contributed by atoms with Crippen LogP contribution in [-0.2, 0) is 0 Å². The zero-order valence-electron chi connectivity index (χ0n) is 7.54. The van der Waals surface area contributed by atoms with Crippen molar-refractivity contribution in [3.63, 3.8) is 0 Å². The van der Waals surface area contributed by atoms with Gasteiger partial charge in [-0.1, -0.05) is 11.6 Å². The first-order chi connectivity index (χ1) is 6.93. The third-order valence-electron chi connectivity index (χ3n) is 1.73. The molecule has 4 nitrogen and oxygen atoms in total. The van der Waals surface area contributed by atoms with Crippen molar-refractivity contribution in [2.24, 2.45) is 0 Å². The fraction of sp³-hybridized carbons (Fsp3) is 0.250. The van der Waals surface area contributed by atoms with Crippen molar-refractivity contribution in [1.29, 1.82) is 0 Å². The maximum atomic E-state index is 11.9. The second-order valence-electron chi connectivity index (χ2n) is 2.65. The SMILES string of the molecule is Cc1c(Cl)ccc(OC(F)F)c1[N+](=O)[O-]. The summed E-state index contributed by atoms with van der Waals surface area (Å²) in [6.45, 7) is -1.75. The first kappa shape index (κ1) is 11.6. The minimum atomic E-state index is -3.11. The van der Waals surface area contributed by atoms with E-state index in [1.807, 2.05) is 0 Å². The van der Waals surface area contributed by atoms with Crippen LogP contribution >= 0.6 is 11.6 Å². The fourth-order valence-corrected chi connectivity index (χ4v) is 1.22. The van der Waals surface area contributed by atoms with E-state index in [2.05, 4.69) is 4.74 Å². The number of hydrogen-bond acceptors (Lipinski definition) is 3. The summed E-state index contributed by atoms with van der Waals surface area (Å²) in [7, 11) is 0. The predicted octanol–water partition coefficient (Wildman–Crippen LogP) is 3.16. The molecule has 0 saturated carbocycles. The lowest BCUT2D eigenvalue weighted by Crippen LogP contribution is -2.05. The molecule has 0 N–H and O–H groups in total. The summed E-state index contributed by atoms with van der Waals surface area (Å²) >= 11 is 5.62. The summed E-state index contributed by atoms with van der Waals surface area (Å²) in [6.07, 6.45) is 0. The Balaban J connectivity index is 3.27. The summed E-state index contributed by atoms with van der Waals surface area (Å²) in [5.41, 5.74) is -0.442. The van der Waals surface area contributed by atoms with E-state index in [1.165, 1.54) is 13.0 Å². The molecular formula is C8H6ClF2NO3. The molecule has 0 aliphatic carbocycles. The molecule has 0 aliphatic rings. The first-order valence-electron chi connectivity index (χ1n) is 3.81. The van der Waals surface area contributed by atoms with Gasteiger partial charge in [0.15, 0.2) is 0 Å². The van der Waals surface area contributed by atoms with Crippen molar-refractivity contribution >= 4 is 17.3 Å². The van der Waals surface area contributed by atoms with E-state index in [9.17, 15) is 18.9 Å². The standard InChI is InChI=1S/C8H6ClF2NO3/c1-4-5(9)2-3-6(15-8(10)11)7(4)12(13)14/h2-3,8H,1H3. The highest BCUT2D eigenvalue weighted by Gasteiger charge is 2.23. The van der Waals surface area contributed by atoms with Crippen LogP contribution in [0.15, 0.2) is 12.1 Å². The van der Waals surface area contributed by atoms with Gasteiger partial charge >= 0.3 is 12.3 Å². The van der Waals surface area contributed by atoms with Crippen molar-refractivity contribution in [2.75, 3.05) is 0 Å². The summed E-state index contributed by atoms with van der Waals surface area (Å²) < 4.78 is 27.8. The zero-order chi connectivity index (χ0) is 11.6. The van der Waals surface area contributed by atoms with Crippen molar-refractivity contribution < 1.29 is 18.4 Å². The van der Waals surface area contributed by atoms with Crippen molar-refractivity contribution in [3.8, 4) is 5.75 Å². The Bertz CT molecular complexity index is 398. The fourth-order valence-electron chi connectivity index (χ4n) is 1.07. The van der Waals surface area contributed by atoms with E-state index in [1.54, 1.807) is 0 Å². The molecule has 0 radical (unpaired) electrons. The molecule has 1 rings (SSSR count). The summed E-state index contributed by atoms with van der Waals surface area (Å²) in [4.78, 5) is 9.79. The van der Waals surface area contributed by atoms with Crippen LogP contribution in [0.4, 0.5) is 14.5 Å². The Labute approximate surface area is 88.6 Å². The van der Waals surface area contributed by atoms with Crippen molar-refractivity contribution in [2.45, 2.75) is 13.5 Å². The van der Waals surface area contributed by atoms with Crippen LogP contribution in [0.3, 0.4) is 0 Å². The van der Waals surface area contributed by atoms with Crippen LogP contribution in [0.2, 0.25) is 5.02 Å². The minimum Gasteiger partial charge on any atom is -0.427 e. The number of hydrogen-bond donors (Lipinski definition) is 0. The molecule has 0 aliphatic heterocycles. The van der Waals surface area contributed by atoms with E-state index >= 15 is 0 Å². The number of rotatable bonds is 3. The van der Waals surface area contributed by atoms with E-state index in [0.29, 0.717) is 0 Å². The minimum absolute atomic E-state index is 0.0971. The number of alkyl halides is 2. The number of ether oxygens (including phenoxy) is 1. The lowest BCUT2D eigenvalue weighted by Gasteiger charge is -2.07. The molecule has 1 aromatic rings. The second kappa shape index (κ2) is 4.39. The van der Waals surface area contributed by atoms with Crippen LogP contribution in [0, 0.1) is 17.0 Å². The van der Waals surface area contributed by atoms with Gasteiger partial charge in [-0.05, 0) is 19.1 Å². The monoisotopic (exact) mass is 237 g/mol. The van der Waals surface area contributed by atoms with Crippen LogP contribution < -0.4 is 4.74 Å². The molecule has 0 spiro atoms. The Kier molecular flexibility index (Phi) is 3.41. The van der Waals surface area contributed by atoms with Crippen LogP contribution in [-0.4, -0.2) is 11.5 Å². The predicted molar refractivity (Wildman–Crippen MR) is 49.5 cm³/mol. The Morgan fingerprint density at radius 2 is 2.13 bits per heavy atom. The molecule has 0 heterocycles. The van der Waals surface area contributed by atoms with E-state index in [4.69, 9.17) is 11.6 Å². The average molecular weight is 238 g/mol. The third-order valence-corrected chi connectivity index (χ3v) is 2.14. The summed E-state index contributed by atoms with van der Waals surface area (Å²) in [5.74, 6) is -0.489. The number of halogens is 3. The Hall–Kier alpha value is -1.43. The van der Waals surface area contributed by atoms with Gasteiger partial charge in [-0.25, -0.2) is 0 Å². The molecule has 0 amide bonds. The number of benzene rings is 1. The molecule has 0 bridgehead atoms. The van der Waals surface area contributed by atoms with Gasteiger partial charge in [0.05, 0.1) is 9.95 Å². The highest BCUT2D eigenvalue weighted by molar-refractivity contribution is 6.31. The molecule has 0 atom stereocenters. The van der Waals surface area contributed by atoms with Gasteiger partial charge in [-0.15, -0.1) is 0 Å². The molecular weight excluding hydrogens is 232 g/mol. The maximum Gasteiger partial charge on any atom is 0.387 e. The molecule has 1 aromatic carbocycles. The first-order valence-corrected chi connectivity index (χ1v) is 4.19. The van der Waals surface area contributed by atoms with Gasteiger partial charge in [0.2, 0.25) is 5.75 Å². The molecule has 82 valence electrons. The molecule has 15 heavy (non-hydrogen) atoms. The lowest BCUT2D eigenvalue weighted by molar-refractivity contribution is -0.387. The largest absolute Gasteiger partial charge is 0.427 e. The van der Waals surface area contributed by atoms with Crippen molar-refractivity contribution in [3.05, 3.63) is 32.8 Å². The highest BCUT2D eigenvalue weighted by Crippen LogP contribution is 2.35. The molecule has 7 heteroatoms. The van der Waals surface area contributed by atoms with Crippen LogP contribution in [0.25, 0.3) is 0 Å². The Morgan fingerprint density at radius 3 is 2.60 bits per heavy atom. The number of nitrogens with zero attached hydrogens (tertiary/aromatic N) is 1. The summed E-state index contributed by atoms with van der Waals surface area (Å²) in [5, 5.41) is 10.7. The Morgan fingerprint density at radius 1 is 1.53 bits per heavy atom. The van der Waals surface area contributed by atoms with Gasteiger partial charge in [-0.2, -0.15) is 8.78 Å². The van der Waals surface area contributed by atoms with Gasteiger partial charge in [0.25, 0.3) is 0 Å². The lowest BCUT2D eigenvalue weighted by atomic mass is 10.2. The topological polar surface area (TPSA) is 52.4 Å². The number of nitro groups is 1. The van der Waals surface area contributed by atoms with E-state index in [-0.39, 0.29) is 10.6 Å². The maximum absolute atomic E-state index is 11.9.